The van der Waals surface area contributed by atoms with Crippen molar-refractivity contribution in [2.45, 2.75) is 44.1 Å². The van der Waals surface area contributed by atoms with Crippen molar-refractivity contribution in [3.05, 3.63) is 57.2 Å². The molecular formula is C19H22ClNOS. The Labute approximate surface area is 147 Å². The maximum Gasteiger partial charge on any atom is 0.233 e. The zero-order valence-corrected chi connectivity index (χ0v) is 15.0. The van der Waals surface area contributed by atoms with Crippen LogP contribution in [0.15, 0.2) is 41.8 Å². The number of likely N-dealkylation sites (N-methyl/N-ethyl adjacent to an activating group) is 1. The van der Waals surface area contributed by atoms with Crippen LogP contribution >= 0.6 is 22.9 Å². The van der Waals surface area contributed by atoms with Gasteiger partial charge in [-0.1, -0.05) is 49.1 Å². The number of carbonyl (C=O) groups is 1. The van der Waals surface area contributed by atoms with Gasteiger partial charge in [0, 0.05) is 16.9 Å². The Balaban J connectivity index is 1.88. The number of hydrogen-bond donors (Lipinski definition) is 0. The number of amides is 1. The summed E-state index contributed by atoms with van der Waals surface area (Å²) in [6, 6.07) is 12.0. The Morgan fingerprint density at radius 3 is 2.48 bits per heavy atom. The van der Waals surface area contributed by atoms with E-state index in [1.54, 1.807) is 11.3 Å². The fourth-order valence-electron chi connectivity index (χ4n) is 3.62. The Bertz CT molecular complexity index is 645. The van der Waals surface area contributed by atoms with E-state index in [2.05, 4.69) is 11.4 Å². The van der Waals surface area contributed by atoms with E-state index in [0.717, 1.165) is 36.3 Å². The molecule has 23 heavy (non-hydrogen) atoms. The molecule has 1 fully saturated rings. The lowest BCUT2D eigenvalue weighted by Crippen LogP contribution is -2.46. The third-order valence-electron chi connectivity index (χ3n) is 4.83. The summed E-state index contributed by atoms with van der Waals surface area (Å²) in [5.74, 6) is 0.243. The normalized spacial score (nSPS) is 17.0. The van der Waals surface area contributed by atoms with Gasteiger partial charge in [0.25, 0.3) is 0 Å². The van der Waals surface area contributed by atoms with Gasteiger partial charge in [0.2, 0.25) is 5.91 Å². The molecular weight excluding hydrogens is 326 g/mol. The maximum atomic E-state index is 13.3. The molecule has 0 bridgehead atoms. The van der Waals surface area contributed by atoms with E-state index in [1.807, 2.05) is 42.3 Å². The highest BCUT2D eigenvalue weighted by Crippen LogP contribution is 2.41. The lowest BCUT2D eigenvalue weighted by Gasteiger charge is -2.39. The summed E-state index contributed by atoms with van der Waals surface area (Å²) in [5.41, 5.74) is 0.735. The predicted octanol–water partition coefficient (Wildman–Crippen LogP) is 5.26. The average Bonchev–Trinajstić information content (AvgIpc) is 3.08. The summed E-state index contributed by atoms with van der Waals surface area (Å²) in [6.07, 6.45) is 5.31. The van der Waals surface area contributed by atoms with Gasteiger partial charge in [-0.2, -0.15) is 0 Å². The van der Waals surface area contributed by atoms with Crippen molar-refractivity contribution in [3.63, 3.8) is 0 Å². The van der Waals surface area contributed by atoms with Crippen LogP contribution in [0.5, 0.6) is 0 Å². The van der Waals surface area contributed by atoms with Crippen LogP contribution in [-0.4, -0.2) is 17.9 Å². The quantitative estimate of drug-likeness (QED) is 0.738. The second-order valence-electron chi connectivity index (χ2n) is 6.39. The largest absolute Gasteiger partial charge is 0.340 e. The van der Waals surface area contributed by atoms with Gasteiger partial charge in [-0.15, -0.1) is 11.3 Å². The fraction of sp³-hybridized carbons (Fsp3) is 0.421. The van der Waals surface area contributed by atoms with Gasteiger partial charge >= 0.3 is 0 Å². The van der Waals surface area contributed by atoms with Gasteiger partial charge in [-0.05, 0) is 42.0 Å². The average molecular weight is 348 g/mol. The molecule has 3 rings (SSSR count). The van der Waals surface area contributed by atoms with Crippen molar-refractivity contribution >= 4 is 28.8 Å². The number of benzene rings is 1. The molecule has 0 N–H and O–H groups in total. The third kappa shape index (κ3) is 3.46. The molecule has 1 aliphatic rings. The van der Waals surface area contributed by atoms with Crippen molar-refractivity contribution in [2.75, 3.05) is 7.05 Å². The minimum absolute atomic E-state index is 0.243. The Morgan fingerprint density at radius 1 is 1.17 bits per heavy atom. The first-order valence-electron chi connectivity index (χ1n) is 8.16. The SMILES string of the molecule is CN(Cc1cccs1)C(=O)C1(c2ccc(Cl)cc2)CCCCC1. The van der Waals surface area contributed by atoms with E-state index >= 15 is 0 Å². The summed E-state index contributed by atoms with van der Waals surface area (Å²) in [7, 11) is 1.92. The third-order valence-corrected chi connectivity index (χ3v) is 5.95. The first-order chi connectivity index (χ1) is 11.1. The van der Waals surface area contributed by atoms with E-state index in [9.17, 15) is 4.79 Å². The lowest BCUT2D eigenvalue weighted by atomic mass is 9.68. The van der Waals surface area contributed by atoms with Gasteiger partial charge in [-0.3, -0.25) is 4.79 Å². The van der Waals surface area contributed by atoms with Gasteiger partial charge < -0.3 is 4.90 Å². The van der Waals surface area contributed by atoms with E-state index < -0.39 is 0 Å². The minimum atomic E-state index is -0.380. The summed E-state index contributed by atoms with van der Waals surface area (Å²) in [5, 5.41) is 2.78. The molecule has 1 amide bonds. The molecule has 122 valence electrons. The zero-order chi connectivity index (χ0) is 16.3. The Hall–Kier alpha value is -1.32. The van der Waals surface area contributed by atoms with Crippen molar-refractivity contribution < 1.29 is 4.79 Å². The molecule has 2 nitrogen and oxygen atoms in total. The van der Waals surface area contributed by atoms with E-state index in [-0.39, 0.29) is 11.3 Å². The maximum absolute atomic E-state index is 13.3. The van der Waals surface area contributed by atoms with Crippen molar-refractivity contribution in [2.24, 2.45) is 0 Å². The molecule has 2 aromatic rings. The Morgan fingerprint density at radius 2 is 1.87 bits per heavy atom. The molecule has 0 atom stereocenters. The number of carbonyl (C=O) groups excluding carboxylic acids is 1. The number of nitrogens with zero attached hydrogens (tertiary/aromatic N) is 1. The zero-order valence-electron chi connectivity index (χ0n) is 13.4. The van der Waals surface area contributed by atoms with E-state index in [4.69, 9.17) is 11.6 Å². The molecule has 0 aliphatic heterocycles. The van der Waals surface area contributed by atoms with Crippen LogP contribution in [0.2, 0.25) is 5.02 Å². The first-order valence-corrected chi connectivity index (χ1v) is 9.41. The summed E-state index contributed by atoms with van der Waals surface area (Å²) >= 11 is 7.74. The summed E-state index contributed by atoms with van der Waals surface area (Å²) in [4.78, 5) is 16.4. The number of halogens is 1. The molecule has 0 saturated heterocycles. The Kier molecular flexibility index (Phi) is 5.08. The predicted molar refractivity (Wildman–Crippen MR) is 97.0 cm³/mol. The van der Waals surface area contributed by atoms with Crippen LogP contribution < -0.4 is 0 Å². The fourth-order valence-corrected chi connectivity index (χ4v) is 4.51. The van der Waals surface area contributed by atoms with E-state index in [1.165, 1.54) is 11.3 Å². The molecule has 1 saturated carbocycles. The summed E-state index contributed by atoms with van der Waals surface area (Å²) < 4.78 is 0. The van der Waals surface area contributed by atoms with Crippen molar-refractivity contribution in [3.8, 4) is 0 Å². The molecule has 4 heteroatoms. The number of hydrogen-bond acceptors (Lipinski definition) is 2. The molecule has 0 unspecified atom stereocenters. The van der Waals surface area contributed by atoms with Gasteiger partial charge in [0.15, 0.2) is 0 Å². The molecule has 0 spiro atoms. The molecule has 1 aromatic heterocycles. The molecule has 1 aromatic carbocycles. The van der Waals surface area contributed by atoms with Crippen LogP contribution in [0, 0.1) is 0 Å². The highest BCUT2D eigenvalue weighted by molar-refractivity contribution is 7.09. The minimum Gasteiger partial charge on any atom is -0.340 e. The molecule has 1 aliphatic carbocycles. The van der Waals surface area contributed by atoms with Crippen LogP contribution in [0.4, 0.5) is 0 Å². The molecule has 0 radical (unpaired) electrons. The van der Waals surface area contributed by atoms with Gasteiger partial charge in [0.05, 0.1) is 12.0 Å². The van der Waals surface area contributed by atoms with Crippen LogP contribution in [0.3, 0.4) is 0 Å². The molecule has 1 heterocycles. The topological polar surface area (TPSA) is 20.3 Å². The van der Waals surface area contributed by atoms with Crippen molar-refractivity contribution in [1.29, 1.82) is 0 Å². The van der Waals surface area contributed by atoms with Crippen LogP contribution in [-0.2, 0) is 16.8 Å². The smallest absolute Gasteiger partial charge is 0.233 e. The van der Waals surface area contributed by atoms with Crippen LogP contribution in [0.25, 0.3) is 0 Å². The first kappa shape index (κ1) is 16.5. The number of rotatable bonds is 4. The summed E-state index contributed by atoms with van der Waals surface area (Å²) in [6.45, 7) is 0.686. The highest BCUT2D eigenvalue weighted by Gasteiger charge is 2.42. The standard InChI is InChI=1S/C19H22ClNOS/c1-21(14-17-6-5-13-23-17)18(22)19(11-3-2-4-12-19)15-7-9-16(20)10-8-15/h5-10,13H,2-4,11-12,14H2,1H3. The van der Waals surface area contributed by atoms with Gasteiger partial charge in [-0.25, -0.2) is 0 Å². The highest BCUT2D eigenvalue weighted by atomic mass is 35.5. The van der Waals surface area contributed by atoms with E-state index in [0.29, 0.717) is 6.54 Å². The van der Waals surface area contributed by atoms with Gasteiger partial charge in [0.1, 0.15) is 0 Å². The second kappa shape index (κ2) is 7.06. The monoisotopic (exact) mass is 347 g/mol. The van der Waals surface area contributed by atoms with Crippen molar-refractivity contribution in [1.82, 2.24) is 4.90 Å². The van der Waals surface area contributed by atoms with Crippen LogP contribution in [0.1, 0.15) is 42.5 Å². The number of thiophene rings is 1. The second-order valence-corrected chi connectivity index (χ2v) is 7.86. The lowest BCUT2D eigenvalue weighted by molar-refractivity contribution is -0.138.